The lowest BCUT2D eigenvalue weighted by Gasteiger charge is -2.12. The van der Waals surface area contributed by atoms with Crippen molar-refractivity contribution in [2.75, 3.05) is 0 Å². The van der Waals surface area contributed by atoms with E-state index in [0.717, 1.165) is 22.6 Å². The molecule has 0 saturated carbocycles. The Morgan fingerprint density at radius 1 is 1.05 bits per heavy atom. The van der Waals surface area contributed by atoms with Crippen LogP contribution in [0.4, 0.5) is 0 Å². The molecule has 3 rings (SSSR count). The number of hydrogen-bond acceptors (Lipinski definition) is 3. The second-order valence-electron chi connectivity index (χ2n) is 5.52. The summed E-state index contributed by atoms with van der Waals surface area (Å²) < 4.78 is 3.35. The minimum atomic E-state index is -0.0952. The van der Waals surface area contributed by atoms with Crippen molar-refractivity contribution in [3.05, 3.63) is 64.6 Å². The summed E-state index contributed by atoms with van der Waals surface area (Å²) >= 11 is 0. The van der Waals surface area contributed by atoms with Crippen LogP contribution in [0.3, 0.4) is 0 Å². The average molecular weight is 294 g/mol. The van der Waals surface area contributed by atoms with Crippen LogP contribution in [0.25, 0.3) is 17.1 Å². The van der Waals surface area contributed by atoms with E-state index < -0.39 is 0 Å². The highest BCUT2D eigenvalue weighted by Gasteiger charge is 2.14. The van der Waals surface area contributed by atoms with Gasteiger partial charge in [-0.3, -0.25) is 4.79 Å². The molecule has 0 fully saturated rings. The van der Waals surface area contributed by atoms with Crippen LogP contribution in [-0.4, -0.2) is 19.6 Å². The number of aromatic nitrogens is 4. The van der Waals surface area contributed by atoms with Gasteiger partial charge >= 0.3 is 0 Å². The van der Waals surface area contributed by atoms with Gasteiger partial charge in [-0.15, -0.1) is 0 Å². The van der Waals surface area contributed by atoms with Crippen LogP contribution < -0.4 is 5.56 Å². The van der Waals surface area contributed by atoms with Crippen LogP contribution in [0.5, 0.6) is 0 Å². The zero-order valence-electron chi connectivity index (χ0n) is 12.9. The molecule has 0 aliphatic rings. The van der Waals surface area contributed by atoms with Crippen molar-refractivity contribution in [2.24, 2.45) is 0 Å². The fourth-order valence-corrected chi connectivity index (χ4v) is 2.43. The minimum Gasteiger partial charge on any atom is -0.268 e. The van der Waals surface area contributed by atoms with Gasteiger partial charge in [-0.2, -0.15) is 10.2 Å². The molecule has 112 valence electrons. The Labute approximate surface area is 128 Å². The van der Waals surface area contributed by atoms with E-state index in [4.69, 9.17) is 0 Å². The largest absolute Gasteiger partial charge is 0.268 e. The summed E-state index contributed by atoms with van der Waals surface area (Å²) in [5.41, 5.74) is 3.54. The summed E-state index contributed by atoms with van der Waals surface area (Å²) in [6.07, 6.45) is 1.81. The summed E-state index contributed by atoms with van der Waals surface area (Å²) in [6, 6.07) is 13.2. The van der Waals surface area contributed by atoms with Crippen molar-refractivity contribution in [3.8, 4) is 17.1 Å². The van der Waals surface area contributed by atoms with Gasteiger partial charge in [-0.05, 0) is 44.5 Å². The topological polar surface area (TPSA) is 52.7 Å². The number of para-hydroxylation sites is 1. The maximum absolute atomic E-state index is 11.9. The van der Waals surface area contributed by atoms with Gasteiger partial charge < -0.3 is 0 Å². The van der Waals surface area contributed by atoms with Crippen LogP contribution in [-0.2, 0) is 0 Å². The lowest BCUT2D eigenvalue weighted by molar-refractivity contribution is 0.504. The Balaban J connectivity index is 2.20. The number of rotatable bonds is 3. The summed E-state index contributed by atoms with van der Waals surface area (Å²) in [6.45, 7) is 5.88. The molecule has 5 heteroatoms. The maximum Gasteiger partial charge on any atom is 0.267 e. The Bertz CT molecular complexity index is 847. The van der Waals surface area contributed by atoms with Crippen molar-refractivity contribution in [1.29, 1.82) is 0 Å². The van der Waals surface area contributed by atoms with Crippen molar-refractivity contribution in [1.82, 2.24) is 19.6 Å². The van der Waals surface area contributed by atoms with Crippen LogP contribution in [0.15, 0.2) is 53.5 Å². The Hall–Kier alpha value is -2.69. The molecule has 0 amide bonds. The monoisotopic (exact) mass is 294 g/mol. The van der Waals surface area contributed by atoms with Crippen LogP contribution in [0.2, 0.25) is 0 Å². The molecule has 0 radical (unpaired) electrons. The first kappa shape index (κ1) is 14.3. The predicted octanol–water partition coefficient (Wildman–Crippen LogP) is 2.99. The van der Waals surface area contributed by atoms with Crippen LogP contribution in [0.1, 0.15) is 25.5 Å². The highest BCUT2D eigenvalue weighted by molar-refractivity contribution is 5.61. The van der Waals surface area contributed by atoms with Gasteiger partial charge in [0, 0.05) is 6.07 Å². The summed E-state index contributed by atoms with van der Waals surface area (Å²) in [4.78, 5) is 11.9. The fourth-order valence-electron chi connectivity index (χ4n) is 2.43. The van der Waals surface area contributed by atoms with E-state index in [0.29, 0.717) is 0 Å². The quantitative estimate of drug-likeness (QED) is 0.746. The molecule has 0 bridgehead atoms. The van der Waals surface area contributed by atoms with E-state index in [1.807, 2.05) is 62.0 Å². The molecule has 0 unspecified atom stereocenters. The molecule has 0 atom stereocenters. The zero-order chi connectivity index (χ0) is 15.7. The normalized spacial score (nSPS) is 11.1. The Kier molecular flexibility index (Phi) is 3.63. The van der Waals surface area contributed by atoms with Gasteiger partial charge in [0.1, 0.15) is 5.69 Å². The molecular formula is C17H18N4O. The van der Waals surface area contributed by atoms with E-state index in [-0.39, 0.29) is 11.6 Å². The van der Waals surface area contributed by atoms with Crippen LogP contribution in [0, 0.1) is 6.92 Å². The van der Waals surface area contributed by atoms with Gasteiger partial charge in [0.05, 0.1) is 23.6 Å². The Morgan fingerprint density at radius 3 is 2.45 bits per heavy atom. The standard InChI is InChI=1S/C17H18N4O/c1-12(2)20-16(22)10-9-15(19-20)17-13(3)11-18-21(17)14-7-5-4-6-8-14/h4-12H,1-3H3. The van der Waals surface area contributed by atoms with E-state index in [1.54, 1.807) is 12.1 Å². The van der Waals surface area contributed by atoms with Gasteiger partial charge in [-0.1, -0.05) is 18.2 Å². The van der Waals surface area contributed by atoms with E-state index in [9.17, 15) is 4.79 Å². The lowest BCUT2D eigenvalue weighted by atomic mass is 10.2. The van der Waals surface area contributed by atoms with Crippen molar-refractivity contribution < 1.29 is 0 Å². The first-order valence-corrected chi connectivity index (χ1v) is 7.28. The van der Waals surface area contributed by atoms with Gasteiger partial charge in [0.2, 0.25) is 0 Å². The maximum atomic E-state index is 11.9. The number of nitrogens with zero attached hydrogens (tertiary/aromatic N) is 4. The first-order valence-electron chi connectivity index (χ1n) is 7.28. The third-order valence-electron chi connectivity index (χ3n) is 3.51. The van der Waals surface area contributed by atoms with Crippen molar-refractivity contribution in [2.45, 2.75) is 26.8 Å². The first-order chi connectivity index (χ1) is 10.6. The smallest absolute Gasteiger partial charge is 0.267 e. The van der Waals surface area contributed by atoms with Gasteiger partial charge in [0.15, 0.2) is 0 Å². The van der Waals surface area contributed by atoms with E-state index in [2.05, 4.69) is 10.2 Å². The molecule has 0 aliphatic carbocycles. The number of aryl methyl sites for hydroxylation is 1. The molecule has 5 nitrogen and oxygen atoms in total. The minimum absolute atomic E-state index is 0.0147. The second-order valence-corrected chi connectivity index (χ2v) is 5.52. The zero-order valence-corrected chi connectivity index (χ0v) is 12.9. The molecular weight excluding hydrogens is 276 g/mol. The third kappa shape index (κ3) is 2.45. The summed E-state index contributed by atoms with van der Waals surface area (Å²) in [7, 11) is 0. The highest BCUT2D eigenvalue weighted by atomic mass is 16.1. The molecule has 0 spiro atoms. The van der Waals surface area contributed by atoms with E-state index >= 15 is 0 Å². The molecule has 3 aromatic rings. The molecule has 1 aromatic carbocycles. The van der Waals surface area contributed by atoms with Crippen molar-refractivity contribution in [3.63, 3.8) is 0 Å². The summed E-state index contributed by atoms with van der Waals surface area (Å²) in [5.74, 6) is 0. The average Bonchev–Trinajstić information content (AvgIpc) is 2.90. The molecule has 22 heavy (non-hydrogen) atoms. The fraction of sp³-hybridized carbons (Fsp3) is 0.235. The third-order valence-corrected chi connectivity index (χ3v) is 3.51. The SMILES string of the molecule is Cc1cnn(-c2ccccc2)c1-c1ccc(=O)n(C(C)C)n1. The van der Waals surface area contributed by atoms with Gasteiger partial charge in [0.25, 0.3) is 5.56 Å². The Morgan fingerprint density at radius 2 is 1.77 bits per heavy atom. The predicted molar refractivity (Wildman–Crippen MR) is 86.2 cm³/mol. The number of hydrogen-bond donors (Lipinski definition) is 0. The van der Waals surface area contributed by atoms with Gasteiger partial charge in [-0.25, -0.2) is 9.36 Å². The van der Waals surface area contributed by atoms with Crippen molar-refractivity contribution >= 4 is 0 Å². The second kappa shape index (κ2) is 5.60. The molecule has 0 aliphatic heterocycles. The molecule has 2 heterocycles. The summed E-state index contributed by atoms with van der Waals surface area (Å²) in [5, 5.41) is 8.95. The van der Waals surface area contributed by atoms with E-state index in [1.165, 1.54) is 4.68 Å². The van der Waals surface area contributed by atoms with Crippen LogP contribution >= 0.6 is 0 Å². The highest BCUT2D eigenvalue weighted by Crippen LogP contribution is 2.24. The lowest BCUT2D eigenvalue weighted by Crippen LogP contribution is -2.24. The molecule has 2 aromatic heterocycles. The molecule has 0 N–H and O–H groups in total. The number of benzene rings is 1. The molecule has 0 saturated heterocycles.